The second-order valence-corrected chi connectivity index (χ2v) is 7.77. The Hall–Kier alpha value is -2.27. The molecule has 2 aliphatic heterocycles. The Morgan fingerprint density at radius 1 is 1.00 bits per heavy atom. The van der Waals surface area contributed by atoms with Gasteiger partial charge in [-0.2, -0.15) is 0 Å². The normalized spacial score (nSPS) is 20.8. The van der Waals surface area contributed by atoms with Gasteiger partial charge in [0.1, 0.15) is 0 Å². The highest BCUT2D eigenvalue weighted by Crippen LogP contribution is 2.25. The average Bonchev–Trinajstić information content (AvgIpc) is 2.99. The summed E-state index contributed by atoms with van der Waals surface area (Å²) >= 11 is 0. The van der Waals surface area contributed by atoms with Gasteiger partial charge in [0, 0.05) is 55.5 Å². The Kier molecular flexibility index (Phi) is 5.48. The molecule has 1 unspecified atom stereocenters. The van der Waals surface area contributed by atoms with Gasteiger partial charge in [0.05, 0.1) is 6.54 Å². The van der Waals surface area contributed by atoms with Crippen LogP contribution in [0, 0.1) is 0 Å². The number of rotatable bonds is 4. The molecule has 144 valence electrons. The first-order valence-electron chi connectivity index (χ1n) is 10.2. The van der Waals surface area contributed by atoms with E-state index in [2.05, 4.69) is 57.1 Å². The molecule has 3 heterocycles. The van der Waals surface area contributed by atoms with Crippen molar-refractivity contribution in [3.05, 3.63) is 48.3 Å². The van der Waals surface area contributed by atoms with E-state index >= 15 is 0 Å². The molecule has 2 aromatic rings. The highest BCUT2D eigenvalue weighted by molar-refractivity contribution is 5.92. The Labute approximate surface area is 162 Å². The van der Waals surface area contributed by atoms with Crippen LogP contribution in [-0.4, -0.2) is 41.6 Å². The number of aromatic nitrogens is 1. The van der Waals surface area contributed by atoms with Crippen molar-refractivity contribution in [3.8, 4) is 0 Å². The zero-order valence-corrected chi connectivity index (χ0v) is 16.2. The fourth-order valence-corrected chi connectivity index (χ4v) is 4.31. The summed E-state index contributed by atoms with van der Waals surface area (Å²) in [7, 11) is 0. The molecule has 2 aliphatic rings. The number of carbonyl (C=O) groups is 1. The lowest BCUT2D eigenvalue weighted by atomic mass is 10.1. The molecule has 4 rings (SSSR count). The summed E-state index contributed by atoms with van der Waals surface area (Å²) < 4.78 is 2.28. The van der Waals surface area contributed by atoms with E-state index in [0.717, 1.165) is 31.9 Å². The minimum atomic E-state index is 0.0596. The molecule has 1 atom stereocenters. The second kappa shape index (κ2) is 8.17. The van der Waals surface area contributed by atoms with Gasteiger partial charge in [-0.1, -0.05) is 12.8 Å². The highest BCUT2D eigenvalue weighted by Gasteiger charge is 2.25. The SMILES string of the molecule is CC1c2cccn2CCN1CC(=O)Nc1ccc(N2CCCCCC2)cc1. The maximum absolute atomic E-state index is 12.5. The molecule has 0 spiro atoms. The molecule has 0 radical (unpaired) electrons. The summed E-state index contributed by atoms with van der Waals surface area (Å²) in [5.74, 6) is 0.0596. The van der Waals surface area contributed by atoms with Gasteiger partial charge >= 0.3 is 0 Å². The van der Waals surface area contributed by atoms with Crippen LogP contribution in [0.25, 0.3) is 0 Å². The minimum absolute atomic E-state index is 0.0596. The predicted octanol–water partition coefficient (Wildman–Crippen LogP) is 3.88. The molecule has 0 aliphatic carbocycles. The van der Waals surface area contributed by atoms with Crippen molar-refractivity contribution in [3.63, 3.8) is 0 Å². The smallest absolute Gasteiger partial charge is 0.238 e. The standard InChI is InChI=1S/C22H30N4O/c1-18-21-7-6-14-25(21)15-16-26(18)17-22(27)23-19-8-10-20(11-9-19)24-12-4-2-3-5-13-24/h6-11,14,18H,2-5,12-13,15-17H2,1H3,(H,23,27). The van der Waals surface area contributed by atoms with Crippen molar-refractivity contribution >= 4 is 17.3 Å². The number of anilines is 2. The molecule has 1 N–H and O–H groups in total. The summed E-state index contributed by atoms with van der Waals surface area (Å²) in [6, 6.07) is 12.8. The van der Waals surface area contributed by atoms with Crippen molar-refractivity contribution in [1.29, 1.82) is 0 Å². The zero-order chi connectivity index (χ0) is 18.6. The van der Waals surface area contributed by atoms with Gasteiger partial charge in [-0.25, -0.2) is 0 Å². The maximum Gasteiger partial charge on any atom is 0.238 e. The van der Waals surface area contributed by atoms with Gasteiger partial charge in [0.25, 0.3) is 0 Å². The summed E-state index contributed by atoms with van der Waals surface area (Å²) in [5, 5.41) is 3.06. The van der Waals surface area contributed by atoms with E-state index < -0.39 is 0 Å². The number of nitrogens with zero attached hydrogens (tertiary/aromatic N) is 3. The van der Waals surface area contributed by atoms with E-state index in [1.54, 1.807) is 0 Å². The topological polar surface area (TPSA) is 40.5 Å². The monoisotopic (exact) mass is 366 g/mol. The molecular weight excluding hydrogens is 336 g/mol. The first-order chi connectivity index (χ1) is 13.2. The van der Waals surface area contributed by atoms with Crippen LogP contribution in [0.15, 0.2) is 42.6 Å². The van der Waals surface area contributed by atoms with Gasteiger partial charge in [-0.3, -0.25) is 9.69 Å². The third-order valence-corrected chi connectivity index (χ3v) is 5.94. The quantitative estimate of drug-likeness (QED) is 0.893. The second-order valence-electron chi connectivity index (χ2n) is 7.77. The molecule has 27 heavy (non-hydrogen) atoms. The fraction of sp³-hybridized carbons (Fsp3) is 0.500. The van der Waals surface area contributed by atoms with Gasteiger partial charge in [0.2, 0.25) is 5.91 Å². The van der Waals surface area contributed by atoms with Crippen LogP contribution in [0.2, 0.25) is 0 Å². The van der Waals surface area contributed by atoms with Crippen molar-refractivity contribution < 1.29 is 4.79 Å². The van der Waals surface area contributed by atoms with Crippen molar-refractivity contribution in [2.75, 3.05) is 36.4 Å². The van der Waals surface area contributed by atoms with Crippen molar-refractivity contribution in [1.82, 2.24) is 9.47 Å². The molecule has 1 amide bonds. The average molecular weight is 367 g/mol. The van der Waals surface area contributed by atoms with Crippen molar-refractivity contribution in [2.45, 2.75) is 45.2 Å². The van der Waals surface area contributed by atoms with E-state index in [4.69, 9.17) is 0 Å². The molecule has 1 fully saturated rings. The number of hydrogen-bond donors (Lipinski definition) is 1. The maximum atomic E-state index is 12.5. The lowest BCUT2D eigenvalue weighted by Crippen LogP contribution is -2.41. The molecule has 0 bridgehead atoms. The van der Waals surface area contributed by atoms with Gasteiger partial charge < -0.3 is 14.8 Å². The largest absolute Gasteiger partial charge is 0.372 e. The number of hydrogen-bond acceptors (Lipinski definition) is 3. The third kappa shape index (κ3) is 4.19. The van der Waals surface area contributed by atoms with Crippen LogP contribution in [0.4, 0.5) is 11.4 Å². The van der Waals surface area contributed by atoms with Crippen LogP contribution in [-0.2, 0) is 11.3 Å². The Balaban J connectivity index is 1.33. The molecular formula is C22H30N4O. The van der Waals surface area contributed by atoms with E-state index in [0.29, 0.717) is 6.54 Å². The molecule has 5 nitrogen and oxygen atoms in total. The number of fused-ring (bicyclic) bond motifs is 1. The van der Waals surface area contributed by atoms with E-state index in [-0.39, 0.29) is 11.9 Å². The van der Waals surface area contributed by atoms with Gasteiger partial charge in [0.15, 0.2) is 0 Å². The van der Waals surface area contributed by atoms with E-state index in [9.17, 15) is 4.79 Å². The molecule has 1 aromatic heterocycles. The third-order valence-electron chi connectivity index (χ3n) is 5.94. The van der Waals surface area contributed by atoms with Crippen LogP contribution < -0.4 is 10.2 Å². The van der Waals surface area contributed by atoms with Gasteiger partial charge in [-0.05, 0) is 56.2 Å². The number of benzene rings is 1. The molecule has 1 saturated heterocycles. The number of amides is 1. The summed E-state index contributed by atoms with van der Waals surface area (Å²) in [4.78, 5) is 17.2. The van der Waals surface area contributed by atoms with E-state index in [1.165, 1.54) is 37.1 Å². The summed E-state index contributed by atoms with van der Waals surface area (Å²) in [6.07, 6.45) is 7.34. The minimum Gasteiger partial charge on any atom is -0.372 e. The number of nitrogens with one attached hydrogen (secondary N) is 1. The lowest BCUT2D eigenvalue weighted by molar-refractivity contribution is -0.118. The van der Waals surface area contributed by atoms with Crippen LogP contribution in [0.3, 0.4) is 0 Å². The van der Waals surface area contributed by atoms with Crippen molar-refractivity contribution in [2.24, 2.45) is 0 Å². The molecule has 0 saturated carbocycles. The van der Waals surface area contributed by atoms with E-state index in [1.807, 2.05) is 12.1 Å². The Bertz CT molecular complexity index is 759. The Morgan fingerprint density at radius 3 is 2.48 bits per heavy atom. The first-order valence-corrected chi connectivity index (χ1v) is 10.2. The molecule has 1 aromatic carbocycles. The van der Waals surface area contributed by atoms with Crippen LogP contribution >= 0.6 is 0 Å². The first kappa shape index (κ1) is 18.1. The highest BCUT2D eigenvalue weighted by atomic mass is 16.2. The Morgan fingerprint density at radius 2 is 1.74 bits per heavy atom. The summed E-state index contributed by atoms with van der Waals surface area (Å²) in [5.41, 5.74) is 3.43. The van der Waals surface area contributed by atoms with Crippen LogP contribution in [0.1, 0.15) is 44.3 Å². The van der Waals surface area contributed by atoms with Crippen LogP contribution in [0.5, 0.6) is 0 Å². The fourth-order valence-electron chi connectivity index (χ4n) is 4.31. The number of carbonyl (C=O) groups excluding carboxylic acids is 1. The summed E-state index contributed by atoms with van der Waals surface area (Å²) in [6.45, 7) is 6.74. The molecule has 5 heteroatoms. The van der Waals surface area contributed by atoms with Gasteiger partial charge in [-0.15, -0.1) is 0 Å². The lowest BCUT2D eigenvalue weighted by Gasteiger charge is -2.34. The zero-order valence-electron chi connectivity index (χ0n) is 16.2. The predicted molar refractivity (Wildman–Crippen MR) is 110 cm³/mol.